The molecule has 0 aromatic carbocycles. The number of nitrogens with zero attached hydrogens (tertiary/aromatic N) is 1. The summed E-state index contributed by atoms with van der Waals surface area (Å²) in [7, 11) is 2.06. The van der Waals surface area contributed by atoms with Crippen molar-refractivity contribution in [1.29, 1.82) is 0 Å². The molecular formula is C15H21N3O2S. The summed E-state index contributed by atoms with van der Waals surface area (Å²) >= 11 is 1.40. The Bertz CT molecular complexity index is 559. The van der Waals surface area contributed by atoms with E-state index in [0.717, 1.165) is 23.5 Å². The number of nitrogens with two attached hydrogens (primary N) is 1. The number of amides is 1. The van der Waals surface area contributed by atoms with E-state index in [-0.39, 0.29) is 12.0 Å². The average molecular weight is 307 g/mol. The molecule has 1 fully saturated rings. The lowest BCUT2D eigenvalue weighted by Gasteiger charge is -2.30. The van der Waals surface area contributed by atoms with Crippen molar-refractivity contribution < 1.29 is 9.53 Å². The molecule has 1 unspecified atom stereocenters. The first-order valence-electron chi connectivity index (χ1n) is 6.98. The summed E-state index contributed by atoms with van der Waals surface area (Å²) in [5, 5.41) is 2.93. The summed E-state index contributed by atoms with van der Waals surface area (Å²) in [4.78, 5) is 16.0. The van der Waals surface area contributed by atoms with Gasteiger partial charge in [-0.25, -0.2) is 0 Å². The SMILES string of the molecule is Cc1cc(C(=O)NCC2CN(C)CCO2)sc1C#CCN. The van der Waals surface area contributed by atoms with Crippen molar-refractivity contribution in [2.45, 2.75) is 13.0 Å². The number of rotatable bonds is 3. The van der Waals surface area contributed by atoms with Gasteiger partial charge in [-0.15, -0.1) is 11.3 Å². The molecule has 1 aromatic rings. The third kappa shape index (κ3) is 4.55. The minimum Gasteiger partial charge on any atom is -0.374 e. The molecule has 1 aliphatic rings. The molecule has 1 amide bonds. The van der Waals surface area contributed by atoms with E-state index in [1.807, 2.05) is 13.0 Å². The Hall–Kier alpha value is -1.39. The molecule has 0 saturated carbocycles. The summed E-state index contributed by atoms with van der Waals surface area (Å²) in [6.45, 7) is 5.31. The first-order chi connectivity index (χ1) is 10.1. The molecule has 0 bridgehead atoms. The van der Waals surface area contributed by atoms with Crippen LogP contribution in [-0.2, 0) is 4.74 Å². The molecule has 0 spiro atoms. The average Bonchev–Trinajstić information content (AvgIpc) is 2.84. The Morgan fingerprint density at radius 1 is 1.67 bits per heavy atom. The number of ether oxygens (including phenoxy) is 1. The van der Waals surface area contributed by atoms with Crippen LogP contribution >= 0.6 is 11.3 Å². The molecule has 5 nitrogen and oxygen atoms in total. The minimum atomic E-state index is -0.0688. The number of hydrogen-bond donors (Lipinski definition) is 2. The van der Waals surface area contributed by atoms with Crippen LogP contribution in [0, 0.1) is 18.8 Å². The fourth-order valence-corrected chi connectivity index (χ4v) is 3.10. The molecule has 1 aromatic heterocycles. The van der Waals surface area contributed by atoms with Crippen molar-refractivity contribution >= 4 is 17.2 Å². The van der Waals surface area contributed by atoms with Crippen LogP contribution in [0.25, 0.3) is 0 Å². The molecule has 0 radical (unpaired) electrons. The van der Waals surface area contributed by atoms with Gasteiger partial charge in [-0.2, -0.15) is 0 Å². The highest BCUT2D eigenvalue weighted by Crippen LogP contribution is 2.20. The van der Waals surface area contributed by atoms with E-state index in [1.54, 1.807) is 0 Å². The topological polar surface area (TPSA) is 67.6 Å². The lowest BCUT2D eigenvalue weighted by Crippen LogP contribution is -2.45. The first-order valence-corrected chi connectivity index (χ1v) is 7.79. The first kappa shape index (κ1) is 16.0. The van der Waals surface area contributed by atoms with Gasteiger partial charge < -0.3 is 20.7 Å². The van der Waals surface area contributed by atoms with Gasteiger partial charge in [0.15, 0.2) is 0 Å². The van der Waals surface area contributed by atoms with E-state index >= 15 is 0 Å². The normalized spacial score (nSPS) is 18.9. The van der Waals surface area contributed by atoms with E-state index < -0.39 is 0 Å². The van der Waals surface area contributed by atoms with Gasteiger partial charge in [-0.05, 0) is 25.6 Å². The molecule has 1 atom stereocenters. The fourth-order valence-electron chi connectivity index (χ4n) is 2.13. The van der Waals surface area contributed by atoms with Crippen LogP contribution < -0.4 is 11.1 Å². The molecular weight excluding hydrogens is 286 g/mol. The van der Waals surface area contributed by atoms with Crippen LogP contribution in [0.15, 0.2) is 6.07 Å². The highest BCUT2D eigenvalue weighted by molar-refractivity contribution is 7.14. The summed E-state index contributed by atoms with van der Waals surface area (Å²) in [6, 6.07) is 1.87. The van der Waals surface area contributed by atoms with Crippen LogP contribution in [0.2, 0.25) is 0 Å². The number of morpholine rings is 1. The van der Waals surface area contributed by atoms with Crippen molar-refractivity contribution in [3.8, 4) is 11.8 Å². The highest BCUT2D eigenvalue weighted by atomic mass is 32.1. The number of likely N-dealkylation sites (N-methyl/N-ethyl adjacent to an activating group) is 1. The Labute approximate surface area is 129 Å². The molecule has 2 rings (SSSR count). The van der Waals surface area contributed by atoms with Crippen LogP contribution in [0.1, 0.15) is 20.1 Å². The number of nitrogens with one attached hydrogen (secondary N) is 1. The number of thiophene rings is 1. The summed E-state index contributed by atoms with van der Waals surface area (Å²) in [5.74, 6) is 5.74. The van der Waals surface area contributed by atoms with E-state index in [9.17, 15) is 4.79 Å². The number of aryl methyl sites for hydroxylation is 1. The van der Waals surface area contributed by atoms with Crippen LogP contribution in [0.3, 0.4) is 0 Å². The van der Waals surface area contributed by atoms with Crippen molar-refractivity contribution in [2.24, 2.45) is 5.73 Å². The Morgan fingerprint density at radius 3 is 3.19 bits per heavy atom. The van der Waals surface area contributed by atoms with Crippen LogP contribution in [0.4, 0.5) is 0 Å². The summed E-state index contributed by atoms with van der Waals surface area (Å²) in [5.41, 5.74) is 6.38. The van der Waals surface area contributed by atoms with Crippen LogP contribution in [-0.4, -0.2) is 56.7 Å². The van der Waals surface area contributed by atoms with E-state index in [1.165, 1.54) is 11.3 Å². The lowest BCUT2D eigenvalue weighted by atomic mass is 10.2. The maximum atomic E-state index is 12.2. The van der Waals surface area contributed by atoms with Crippen molar-refractivity contribution in [3.05, 3.63) is 21.4 Å². The molecule has 1 aliphatic heterocycles. The minimum absolute atomic E-state index is 0.0604. The number of carbonyl (C=O) groups is 1. The zero-order valence-corrected chi connectivity index (χ0v) is 13.3. The summed E-state index contributed by atoms with van der Waals surface area (Å²) in [6.07, 6.45) is 0.0604. The number of hydrogen-bond acceptors (Lipinski definition) is 5. The monoisotopic (exact) mass is 307 g/mol. The molecule has 1 saturated heterocycles. The van der Waals surface area contributed by atoms with Gasteiger partial charge in [0.1, 0.15) is 0 Å². The third-order valence-electron chi connectivity index (χ3n) is 3.28. The predicted molar refractivity (Wildman–Crippen MR) is 84.6 cm³/mol. The molecule has 6 heteroatoms. The van der Waals surface area contributed by atoms with Gasteiger partial charge in [-0.1, -0.05) is 11.8 Å². The largest absolute Gasteiger partial charge is 0.374 e. The molecule has 2 heterocycles. The van der Waals surface area contributed by atoms with E-state index in [4.69, 9.17) is 10.5 Å². The smallest absolute Gasteiger partial charge is 0.261 e. The fraction of sp³-hybridized carbons (Fsp3) is 0.533. The second-order valence-corrected chi connectivity index (χ2v) is 6.15. The Morgan fingerprint density at radius 2 is 2.48 bits per heavy atom. The second-order valence-electron chi connectivity index (χ2n) is 5.09. The van der Waals surface area contributed by atoms with Gasteiger partial charge >= 0.3 is 0 Å². The van der Waals surface area contributed by atoms with Crippen molar-refractivity contribution in [1.82, 2.24) is 10.2 Å². The zero-order chi connectivity index (χ0) is 15.2. The lowest BCUT2D eigenvalue weighted by molar-refractivity contribution is -0.0174. The standard InChI is InChI=1S/C15H21N3O2S/c1-11-8-14(21-13(11)4-3-5-16)15(19)17-9-12-10-18(2)6-7-20-12/h8,12H,5-7,9-10,16H2,1-2H3,(H,17,19). The van der Waals surface area contributed by atoms with Crippen LogP contribution in [0.5, 0.6) is 0 Å². The molecule has 114 valence electrons. The second kappa shape index (κ2) is 7.57. The molecule has 21 heavy (non-hydrogen) atoms. The predicted octanol–water partition coefficient (Wildman–Crippen LogP) is 0.427. The van der Waals surface area contributed by atoms with Gasteiger partial charge in [0, 0.05) is 19.6 Å². The number of carbonyl (C=O) groups excluding carboxylic acids is 1. The summed E-state index contributed by atoms with van der Waals surface area (Å²) < 4.78 is 5.63. The van der Waals surface area contributed by atoms with Gasteiger partial charge in [-0.3, -0.25) is 4.79 Å². The van der Waals surface area contributed by atoms with E-state index in [2.05, 4.69) is 29.1 Å². The van der Waals surface area contributed by atoms with Gasteiger partial charge in [0.25, 0.3) is 5.91 Å². The Balaban J connectivity index is 1.91. The van der Waals surface area contributed by atoms with Gasteiger partial charge in [0.2, 0.25) is 0 Å². The maximum absolute atomic E-state index is 12.2. The molecule has 0 aliphatic carbocycles. The van der Waals surface area contributed by atoms with Gasteiger partial charge in [0.05, 0.1) is 29.0 Å². The molecule has 3 N–H and O–H groups in total. The van der Waals surface area contributed by atoms with E-state index in [0.29, 0.717) is 24.6 Å². The Kier molecular flexibility index (Phi) is 5.76. The maximum Gasteiger partial charge on any atom is 0.261 e. The van der Waals surface area contributed by atoms with Crippen molar-refractivity contribution in [3.63, 3.8) is 0 Å². The highest BCUT2D eigenvalue weighted by Gasteiger charge is 2.19. The zero-order valence-electron chi connectivity index (χ0n) is 12.4. The third-order valence-corrected chi connectivity index (χ3v) is 4.43. The quantitative estimate of drug-likeness (QED) is 0.795. The van der Waals surface area contributed by atoms with Crippen molar-refractivity contribution in [2.75, 3.05) is 39.8 Å².